The van der Waals surface area contributed by atoms with Crippen LogP contribution in [-0.4, -0.2) is 9.78 Å². The van der Waals surface area contributed by atoms with Crippen LogP contribution in [0.2, 0.25) is 0 Å². The van der Waals surface area contributed by atoms with Crippen LogP contribution >= 0.6 is 15.9 Å². The number of hydrogen-bond donors (Lipinski definition) is 1. The molecule has 0 fully saturated rings. The molecule has 0 aliphatic carbocycles. The summed E-state index contributed by atoms with van der Waals surface area (Å²) in [7, 11) is 0. The summed E-state index contributed by atoms with van der Waals surface area (Å²) in [5, 5.41) is 4.22. The Morgan fingerprint density at radius 2 is 2.26 bits per heavy atom. The number of aryl methyl sites for hydroxylation is 1. The number of aromatic nitrogens is 2. The minimum absolute atomic E-state index is 0.0542. The van der Waals surface area contributed by atoms with E-state index >= 15 is 0 Å². The van der Waals surface area contributed by atoms with Gasteiger partial charge in [-0.05, 0) is 26.0 Å². The highest BCUT2D eigenvalue weighted by Crippen LogP contribution is 2.28. The second-order valence-electron chi connectivity index (χ2n) is 4.46. The Hall–Kier alpha value is -1.33. The molecule has 1 aromatic carbocycles. The van der Waals surface area contributed by atoms with Crippen LogP contribution in [0.25, 0.3) is 0 Å². The molecule has 1 atom stereocenters. The number of ether oxygens (including phenoxy) is 1. The third kappa shape index (κ3) is 3.58. The number of halogens is 1. The van der Waals surface area contributed by atoms with Crippen molar-refractivity contribution in [1.82, 2.24) is 9.78 Å². The van der Waals surface area contributed by atoms with E-state index in [-0.39, 0.29) is 6.04 Å². The normalized spacial score (nSPS) is 12.4. The molecule has 0 aliphatic heterocycles. The first-order valence-corrected chi connectivity index (χ1v) is 7.08. The van der Waals surface area contributed by atoms with Crippen molar-refractivity contribution in [3.8, 4) is 5.75 Å². The molecule has 0 unspecified atom stereocenters. The first kappa shape index (κ1) is 14.1. The highest BCUT2D eigenvalue weighted by Gasteiger charge is 2.09. The van der Waals surface area contributed by atoms with Gasteiger partial charge < -0.3 is 10.5 Å². The molecule has 0 saturated carbocycles. The van der Waals surface area contributed by atoms with E-state index < -0.39 is 0 Å². The third-order valence-corrected chi connectivity index (χ3v) is 3.36. The Kier molecular flexibility index (Phi) is 4.61. The van der Waals surface area contributed by atoms with E-state index in [0.717, 1.165) is 27.9 Å². The van der Waals surface area contributed by atoms with Gasteiger partial charge in [0.05, 0.1) is 6.20 Å². The van der Waals surface area contributed by atoms with Gasteiger partial charge in [-0.3, -0.25) is 4.68 Å². The third-order valence-electron chi connectivity index (χ3n) is 2.87. The van der Waals surface area contributed by atoms with Crippen molar-refractivity contribution in [2.45, 2.75) is 33.0 Å². The summed E-state index contributed by atoms with van der Waals surface area (Å²) in [5.74, 6) is 0.814. The molecule has 102 valence electrons. The van der Waals surface area contributed by atoms with Gasteiger partial charge in [0.1, 0.15) is 12.4 Å². The van der Waals surface area contributed by atoms with Crippen LogP contribution in [0.1, 0.15) is 31.0 Å². The second kappa shape index (κ2) is 6.21. The van der Waals surface area contributed by atoms with Crippen LogP contribution in [0.5, 0.6) is 5.75 Å². The number of benzene rings is 1. The Balaban J connectivity index is 2.12. The summed E-state index contributed by atoms with van der Waals surface area (Å²) in [5.41, 5.74) is 8.01. The van der Waals surface area contributed by atoms with Gasteiger partial charge in [0, 0.05) is 34.4 Å². The summed E-state index contributed by atoms with van der Waals surface area (Å²) in [6, 6.07) is 5.85. The minimum atomic E-state index is -0.0542. The zero-order chi connectivity index (χ0) is 13.8. The molecule has 1 aromatic heterocycles. The van der Waals surface area contributed by atoms with Crippen molar-refractivity contribution in [3.05, 3.63) is 46.2 Å². The van der Waals surface area contributed by atoms with Gasteiger partial charge in [0.2, 0.25) is 0 Å². The highest BCUT2D eigenvalue weighted by molar-refractivity contribution is 9.10. The maximum Gasteiger partial charge on any atom is 0.125 e. The predicted octanol–water partition coefficient (Wildman–Crippen LogP) is 3.26. The fourth-order valence-electron chi connectivity index (χ4n) is 1.82. The first-order valence-electron chi connectivity index (χ1n) is 6.29. The number of nitrogens with zero attached hydrogens (tertiary/aromatic N) is 2. The smallest absolute Gasteiger partial charge is 0.125 e. The largest absolute Gasteiger partial charge is 0.488 e. The topological polar surface area (TPSA) is 53.1 Å². The zero-order valence-electron chi connectivity index (χ0n) is 11.1. The summed E-state index contributed by atoms with van der Waals surface area (Å²) < 4.78 is 8.72. The number of rotatable bonds is 5. The van der Waals surface area contributed by atoms with E-state index in [9.17, 15) is 0 Å². The van der Waals surface area contributed by atoms with Crippen molar-refractivity contribution in [1.29, 1.82) is 0 Å². The molecule has 0 bridgehead atoms. The minimum Gasteiger partial charge on any atom is -0.488 e. The van der Waals surface area contributed by atoms with E-state index in [1.165, 1.54) is 0 Å². The van der Waals surface area contributed by atoms with Gasteiger partial charge in [-0.15, -0.1) is 0 Å². The summed E-state index contributed by atoms with van der Waals surface area (Å²) in [4.78, 5) is 0. The van der Waals surface area contributed by atoms with E-state index in [1.54, 1.807) is 0 Å². The molecule has 1 heterocycles. The predicted molar refractivity (Wildman–Crippen MR) is 79.0 cm³/mol. The lowest BCUT2D eigenvalue weighted by Gasteiger charge is -2.14. The highest BCUT2D eigenvalue weighted by atomic mass is 79.9. The SMILES string of the molecule is CCn1cc(COc2cc(Br)ccc2[C@H](C)N)cn1. The molecular formula is C14H18BrN3O. The van der Waals surface area contributed by atoms with E-state index in [2.05, 4.69) is 28.0 Å². The van der Waals surface area contributed by atoms with E-state index in [1.807, 2.05) is 42.2 Å². The van der Waals surface area contributed by atoms with Crippen molar-refractivity contribution in [2.24, 2.45) is 5.73 Å². The van der Waals surface area contributed by atoms with Crippen molar-refractivity contribution >= 4 is 15.9 Å². The molecule has 2 rings (SSSR count). The Morgan fingerprint density at radius 3 is 2.89 bits per heavy atom. The van der Waals surface area contributed by atoms with Crippen LogP contribution in [0.4, 0.5) is 0 Å². The van der Waals surface area contributed by atoms with Gasteiger partial charge in [-0.2, -0.15) is 5.10 Å². The lowest BCUT2D eigenvalue weighted by Crippen LogP contribution is -2.08. The van der Waals surface area contributed by atoms with Crippen molar-refractivity contribution in [2.75, 3.05) is 0 Å². The van der Waals surface area contributed by atoms with E-state index in [0.29, 0.717) is 6.61 Å². The van der Waals surface area contributed by atoms with Crippen LogP contribution in [0.15, 0.2) is 35.1 Å². The maximum atomic E-state index is 5.95. The van der Waals surface area contributed by atoms with Crippen LogP contribution in [-0.2, 0) is 13.2 Å². The number of nitrogens with two attached hydrogens (primary N) is 1. The summed E-state index contributed by atoms with van der Waals surface area (Å²) in [6.07, 6.45) is 3.82. The summed E-state index contributed by atoms with van der Waals surface area (Å²) >= 11 is 3.45. The van der Waals surface area contributed by atoms with E-state index in [4.69, 9.17) is 10.5 Å². The maximum absolute atomic E-state index is 5.95. The van der Waals surface area contributed by atoms with Gasteiger partial charge in [-0.1, -0.05) is 22.0 Å². The first-order chi connectivity index (χ1) is 9.10. The Labute approximate surface area is 121 Å². The van der Waals surface area contributed by atoms with Gasteiger partial charge in [0.15, 0.2) is 0 Å². The molecule has 2 aromatic rings. The van der Waals surface area contributed by atoms with Gasteiger partial charge >= 0.3 is 0 Å². The second-order valence-corrected chi connectivity index (χ2v) is 5.38. The Morgan fingerprint density at radius 1 is 1.47 bits per heavy atom. The molecular weight excluding hydrogens is 306 g/mol. The lowest BCUT2D eigenvalue weighted by atomic mass is 10.1. The molecule has 2 N–H and O–H groups in total. The summed E-state index contributed by atoms with van der Waals surface area (Å²) in [6.45, 7) is 5.36. The number of hydrogen-bond acceptors (Lipinski definition) is 3. The van der Waals surface area contributed by atoms with Crippen LogP contribution in [0.3, 0.4) is 0 Å². The fraction of sp³-hybridized carbons (Fsp3) is 0.357. The average molecular weight is 324 g/mol. The molecule has 0 amide bonds. The average Bonchev–Trinajstić information content (AvgIpc) is 2.84. The lowest BCUT2D eigenvalue weighted by molar-refractivity contribution is 0.301. The molecule has 0 radical (unpaired) electrons. The Bertz CT molecular complexity index is 551. The standard InChI is InChI=1S/C14H18BrN3O/c1-3-18-8-11(7-17-18)9-19-14-6-12(15)4-5-13(14)10(2)16/h4-8,10H,3,9,16H2,1-2H3/t10-/m0/s1. The van der Waals surface area contributed by atoms with Crippen LogP contribution in [0, 0.1) is 0 Å². The van der Waals surface area contributed by atoms with Gasteiger partial charge in [-0.25, -0.2) is 0 Å². The zero-order valence-corrected chi connectivity index (χ0v) is 12.7. The van der Waals surface area contributed by atoms with Crippen molar-refractivity contribution in [3.63, 3.8) is 0 Å². The monoisotopic (exact) mass is 323 g/mol. The molecule has 0 aliphatic rings. The van der Waals surface area contributed by atoms with Gasteiger partial charge in [0.25, 0.3) is 0 Å². The van der Waals surface area contributed by atoms with Crippen molar-refractivity contribution < 1.29 is 4.74 Å². The molecule has 19 heavy (non-hydrogen) atoms. The van der Waals surface area contributed by atoms with Crippen LogP contribution < -0.4 is 10.5 Å². The molecule has 0 spiro atoms. The quantitative estimate of drug-likeness (QED) is 0.918. The molecule has 4 nitrogen and oxygen atoms in total. The molecule has 5 heteroatoms. The fourth-order valence-corrected chi connectivity index (χ4v) is 2.16. The molecule has 0 saturated heterocycles.